The van der Waals surface area contributed by atoms with Gasteiger partial charge in [0.15, 0.2) is 0 Å². The molecule has 2 atom stereocenters. The second-order valence-corrected chi connectivity index (χ2v) is 6.13. The highest BCUT2D eigenvalue weighted by Crippen LogP contribution is 2.23. The fourth-order valence-corrected chi connectivity index (χ4v) is 3.16. The summed E-state index contributed by atoms with van der Waals surface area (Å²) in [6, 6.07) is 7.51. The summed E-state index contributed by atoms with van der Waals surface area (Å²) in [7, 11) is 0. The normalized spacial score (nSPS) is 21.7. The van der Waals surface area contributed by atoms with E-state index < -0.39 is 0 Å². The summed E-state index contributed by atoms with van der Waals surface area (Å²) in [5, 5.41) is 8.55. The summed E-state index contributed by atoms with van der Waals surface area (Å²) in [4.78, 5) is 24.5. The number of hydrogen-bond acceptors (Lipinski definition) is 3. The molecule has 1 aliphatic rings. The van der Waals surface area contributed by atoms with Crippen LogP contribution < -0.4 is 10.9 Å². The van der Waals surface area contributed by atoms with Crippen molar-refractivity contribution < 1.29 is 4.79 Å². The maximum atomic E-state index is 12.3. The number of amides is 1. The van der Waals surface area contributed by atoms with Crippen molar-refractivity contribution in [3.63, 3.8) is 0 Å². The van der Waals surface area contributed by atoms with Crippen molar-refractivity contribution >= 4 is 16.7 Å². The Bertz CT molecular complexity index is 738. The molecule has 116 valence electrons. The Morgan fingerprint density at radius 1 is 1.32 bits per heavy atom. The maximum absolute atomic E-state index is 12.3. The highest BCUT2D eigenvalue weighted by Gasteiger charge is 2.23. The lowest BCUT2D eigenvalue weighted by Gasteiger charge is -2.29. The molecule has 0 radical (unpaired) electrons. The van der Waals surface area contributed by atoms with E-state index >= 15 is 0 Å². The molecule has 1 heterocycles. The first kappa shape index (κ1) is 14.8. The summed E-state index contributed by atoms with van der Waals surface area (Å²) in [6.45, 7) is 2.15. The van der Waals surface area contributed by atoms with E-state index in [-0.39, 0.29) is 24.1 Å². The van der Waals surface area contributed by atoms with Crippen LogP contribution in [0.2, 0.25) is 0 Å². The van der Waals surface area contributed by atoms with E-state index in [1.54, 1.807) is 12.3 Å². The number of nitrogens with one attached hydrogen (secondary N) is 1. The second-order valence-electron chi connectivity index (χ2n) is 6.13. The molecule has 0 bridgehead atoms. The molecule has 5 heteroatoms. The molecule has 2 aromatic rings. The van der Waals surface area contributed by atoms with Crippen molar-refractivity contribution in [3.05, 3.63) is 40.8 Å². The predicted octanol–water partition coefficient (Wildman–Crippen LogP) is 2.09. The first-order chi connectivity index (χ1) is 10.6. The van der Waals surface area contributed by atoms with Crippen LogP contribution in [0, 0.1) is 5.92 Å². The lowest BCUT2D eigenvalue weighted by Crippen LogP contribution is -2.43. The highest BCUT2D eigenvalue weighted by molar-refractivity contribution is 5.81. The topological polar surface area (TPSA) is 64.0 Å². The van der Waals surface area contributed by atoms with Gasteiger partial charge < -0.3 is 5.32 Å². The van der Waals surface area contributed by atoms with Gasteiger partial charge in [0.2, 0.25) is 5.91 Å². The number of benzene rings is 1. The number of aromatic nitrogens is 2. The second kappa shape index (κ2) is 6.30. The molecule has 1 fully saturated rings. The molecular formula is C17H21N3O2. The molecule has 3 rings (SSSR count). The molecule has 1 saturated carbocycles. The van der Waals surface area contributed by atoms with Crippen LogP contribution in [0.25, 0.3) is 10.8 Å². The van der Waals surface area contributed by atoms with Gasteiger partial charge in [0.25, 0.3) is 5.56 Å². The third-order valence-electron chi connectivity index (χ3n) is 4.51. The van der Waals surface area contributed by atoms with Crippen LogP contribution in [0.15, 0.2) is 35.3 Å². The first-order valence-electron chi connectivity index (χ1n) is 7.89. The number of carbonyl (C=O) groups is 1. The number of carbonyl (C=O) groups excluding carboxylic acids is 1. The van der Waals surface area contributed by atoms with E-state index in [1.165, 1.54) is 11.1 Å². The lowest BCUT2D eigenvalue weighted by atomic mass is 9.86. The number of fused-ring (bicyclic) bond motifs is 1. The van der Waals surface area contributed by atoms with Crippen LogP contribution in [-0.2, 0) is 11.3 Å². The summed E-state index contributed by atoms with van der Waals surface area (Å²) < 4.78 is 1.24. The molecule has 22 heavy (non-hydrogen) atoms. The van der Waals surface area contributed by atoms with E-state index in [4.69, 9.17) is 0 Å². The number of nitrogens with zero attached hydrogens (tertiary/aromatic N) is 2. The van der Waals surface area contributed by atoms with Gasteiger partial charge in [0, 0.05) is 11.4 Å². The Hall–Kier alpha value is -2.17. The van der Waals surface area contributed by atoms with Crippen molar-refractivity contribution in [2.45, 2.75) is 45.2 Å². The molecule has 1 N–H and O–H groups in total. The molecule has 1 aliphatic carbocycles. The van der Waals surface area contributed by atoms with Gasteiger partial charge in [-0.25, -0.2) is 4.68 Å². The standard InChI is InChI=1S/C17H21N3O2/c1-12-6-2-5-9-15(12)19-16(21)11-20-17(22)14-8-4-3-7-13(14)10-18-20/h3-4,7-8,10,12,15H,2,5-6,9,11H2,1H3,(H,19,21)/t12-,15+/m1/s1. The van der Waals surface area contributed by atoms with Gasteiger partial charge in [-0.3, -0.25) is 9.59 Å². The number of hydrogen-bond donors (Lipinski definition) is 1. The maximum Gasteiger partial charge on any atom is 0.275 e. The molecule has 1 amide bonds. The first-order valence-corrected chi connectivity index (χ1v) is 7.89. The minimum Gasteiger partial charge on any atom is -0.351 e. The predicted molar refractivity (Wildman–Crippen MR) is 85.6 cm³/mol. The van der Waals surface area contributed by atoms with Crippen molar-refractivity contribution in [1.82, 2.24) is 15.1 Å². The van der Waals surface area contributed by atoms with E-state index in [2.05, 4.69) is 17.3 Å². The van der Waals surface area contributed by atoms with Gasteiger partial charge in [-0.15, -0.1) is 0 Å². The zero-order chi connectivity index (χ0) is 15.5. The van der Waals surface area contributed by atoms with Gasteiger partial charge >= 0.3 is 0 Å². The monoisotopic (exact) mass is 299 g/mol. The third-order valence-corrected chi connectivity index (χ3v) is 4.51. The Kier molecular flexibility index (Phi) is 4.22. The summed E-state index contributed by atoms with van der Waals surface area (Å²) in [5.74, 6) is 0.364. The van der Waals surface area contributed by atoms with Crippen molar-refractivity contribution in [1.29, 1.82) is 0 Å². The summed E-state index contributed by atoms with van der Waals surface area (Å²) in [5.41, 5.74) is -0.218. The minimum absolute atomic E-state index is 0.0209. The zero-order valence-corrected chi connectivity index (χ0v) is 12.8. The van der Waals surface area contributed by atoms with Gasteiger partial charge in [-0.1, -0.05) is 38.0 Å². The van der Waals surface area contributed by atoms with Crippen LogP contribution in [0.1, 0.15) is 32.6 Å². The highest BCUT2D eigenvalue weighted by atomic mass is 16.2. The molecule has 1 aromatic heterocycles. The Morgan fingerprint density at radius 2 is 2.09 bits per heavy atom. The third kappa shape index (κ3) is 3.03. The van der Waals surface area contributed by atoms with Crippen LogP contribution in [0.4, 0.5) is 0 Å². The summed E-state index contributed by atoms with van der Waals surface area (Å²) >= 11 is 0. The van der Waals surface area contributed by atoms with Gasteiger partial charge in [-0.2, -0.15) is 5.10 Å². The summed E-state index contributed by atoms with van der Waals surface area (Å²) in [6.07, 6.45) is 6.20. The average molecular weight is 299 g/mol. The van der Waals surface area contributed by atoms with Gasteiger partial charge in [0.05, 0.1) is 11.6 Å². The molecule has 5 nitrogen and oxygen atoms in total. The van der Waals surface area contributed by atoms with Crippen molar-refractivity contribution in [3.8, 4) is 0 Å². The van der Waals surface area contributed by atoms with Crippen LogP contribution in [-0.4, -0.2) is 21.7 Å². The molecule has 0 spiro atoms. The van der Waals surface area contributed by atoms with Crippen molar-refractivity contribution in [2.24, 2.45) is 5.92 Å². The Balaban J connectivity index is 1.74. The molecular weight excluding hydrogens is 278 g/mol. The average Bonchev–Trinajstić information content (AvgIpc) is 2.53. The van der Waals surface area contributed by atoms with Gasteiger partial charge in [-0.05, 0) is 24.8 Å². The van der Waals surface area contributed by atoms with E-state index in [9.17, 15) is 9.59 Å². The Labute approximate surface area is 129 Å². The largest absolute Gasteiger partial charge is 0.351 e. The Morgan fingerprint density at radius 3 is 2.91 bits per heavy atom. The van der Waals surface area contributed by atoms with Crippen molar-refractivity contribution in [2.75, 3.05) is 0 Å². The molecule has 1 aromatic carbocycles. The van der Waals surface area contributed by atoms with Gasteiger partial charge in [0.1, 0.15) is 6.54 Å². The SMILES string of the molecule is C[C@@H]1CCCC[C@@H]1NC(=O)Cn1ncc2ccccc2c1=O. The van der Waals surface area contributed by atoms with E-state index in [0.717, 1.165) is 24.6 Å². The van der Waals surface area contributed by atoms with E-state index in [0.29, 0.717) is 11.3 Å². The fourth-order valence-electron chi connectivity index (χ4n) is 3.16. The van der Waals surface area contributed by atoms with Crippen LogP contribution >= 0.6 is 0 Å². The zero-order valence-electron chi connectivity index (χ0n) is 12.8. The molecule has 0 unspecified atom stereocenters. The van der Waals surface area contributed by atoms with Crippen LogP contribution in [0.3, 0.4) is 0 Å². The quantitative estimate of drug-likeness (QED) is 0.944. The molecule has 0 aliphatic heterocycles. The smallest absolute Gasteiger partial charge is 0.275 e. The minimum atomic E-state index is -0.218. The van der Waals surface area contributed by atoms with Crippen LogP contribution in [0.5, 0.6) is 0 Å². The molecule has 0 saturated heterocycles. The fraction of sp³-hybridized carbons (Fsp3) is 0.471. The van der Waals surface area contributed by atoms with E-state index in [1.807, 2.05) is 18.2 Å². The lowest BCUT2D eigenvalue weighted by molar-refractivity contribution is -0.123. The number of rotatable bonds is 3.